The molecule has 1 heterocycles. The van der Waals surface area contributed by atoms with Crippen molar-refractivity contribution in [2.24, 2.45) is 23.2 Å². The predicted octanol–water partition coefficient (Wildman–Crippen LogP) is 3.53. The molecule has 0 radical (unpaired) electrons. The molecule has 0 aromatic carbocycles. The second-order valence-corrected chi connectivity index (χ2v) is 8.63. The molecule has 0 aromatic rings. The Hall–Kier alpha value is -0.570. The van der Waals surface area contributed by atoms with E-state index in [2.05, 4.69) is 11.8 Å². The highest BCUT2D eigenvalue weighted by Gasteiger charge is 2.54. The molecule has 1 N–H and O–H groups in total. The van der Waals surface area contributed by atoms with E-state index in [1.807, 2.05) is 0 Å². The Morgan fingerprint density at radius 3 is 2.19 bits per heavy atom. The summed E-state index contributed by atoms with van der Waals surface area (Å²) in [6, 6.07) is 0. The minimum atomic E-state index is -0.577. The van der Waals surface area contributed by atoms with Crippen LogP contribution in [0.4, 0.5) is 0 Å². The summed E-state index contributed by atoms with van der Waals surface area (Å²) in [5, 5.41) is 9.81. The van der Waals surface area contributed by atoms with Crippen molar-refractivity contribution >= 4 is 5.97 Å². The summed E-state index contributed by atoms with van der Waals surface area (Å²) in [7, 11) is 0. The molecule has 21 heavy (non-hydrogen) atoms. The Balaban J connectivity index is 1.56. The summed E-state index contributed by atoms with van der Waals surface area (Å²) in [5.41, 5.74) is -0.0850. The maximum atomic E-state index is 11.9. The van der Waals surface area contributed by atoms with Gasteiger partial charge in [0.05, 0.1) is 0 Å². The summed E-state index contributed by atoms with van der Waals surface area (Å²) >= 11 is 0. The van der Waals surface area contributed by atoms with E-state index in [1.54, 1.807) is 0 Å². The lowest BCUT2D eigenvalue weighted by molar-refractivity contribution is -0.153. The first-order valence-electron chi connectivity index (χ1n) is 9.04. The summed E-state index contributed by atoms with van der Waals surface area (Å²) < 4.78 is 0. The van der Waals surface area contributed by atoms with Crippen LogP contribution in [0.1, 0.15) is 64.7 Å². The van der Waals surface area contributed by atoms with E-state index in [4.69, 9.17) is 0 Å². The Morgan fingerprint density at radius 1 is 1.14 bits per heavy atom. The van der Waals surface area contributed by atoms with Gasteiger partial charge >= 0.3 is 5.97 Å². The van der Waals surface area contributed by atoms with E-state index < -0.39 is 11.5 Å². The van der Waals surface area contributed by atoms with Gasteiger partial charge in [-0.2, -0.15) is 0 Å². The van der Waals surface area contributed by atoms with Crippen LogP contribution in [0.15, 0.2) is 0 Å². The molecule has 1 aliphatic heterocycles. The largest absolute Gasteiger partial charge is 0.480 e. The number of carbonyl (C=O) groups is 1. The first-order valence-corrected chi connectivity index (χ1v) is 9.04. The molecule has 5 rings (SSSR count). The van der Waals surface area contributed by atoms with Crippen LogP contribution < -0.4 is 0 Å². The highest BCUT2D eigenvalue weighted by Crippen LogP contribution is 2.60. The van der Waals surface area contributed by atoms with Gasteiger partial charge in [0.15, 0.2) is 0 Å². The molecule has 3 nitrogen and oxygen atoms in total. The van der Waals surface area contributed by atoms with Crippen molar-refractivity contribution in [1.82, 2.24) is 4.90 Å². The van der Waals surface area contributed by atoms with Gasteiger partial charge in [-0.25, -0.2) is 0 Å². The van der Waals surface area contributed by atoms with Gasteiger partial charge in [-0.1, -0.05) is 6.92 Å². The van der Waals surface area contributed by atoms with E-state index in [1.165, 1.54) is 38.5 Å². The summed E-state index contributed by atoms with van der Waals surface area (Å²) in [5.74, 6) is 2.30. The minimum absolute atomic E-state index is 0.467. The van der Waals surface area contributed by atoms with Gasteiger partial charge in [0.25, 0.3) is 0 Å². The topological polar surface area (TPSA) is 40.5 Å². The van der Waals surface area contributed by atoms with Crippen LogP contribution in [0, 0.1) is 23.2 Å². The van der Waals surface area contributed by atoms with Gasteiger partial charge in [-0.15, -0.1) is 0 Å². The molecule has 4 saturated carbocycles. The zero-order chi connectivity index (χ0) is 14.7. The van der Waals surface area contributed by atoms with E-state index in [9.17, 15) is 9.90 Å². The van der Waals surface area contributed by atoms with Crippen molar-refractivity contribution < 1.29 is 9.90 Å². The highest BCUT2D eigenvalue weighted by molar-refractivity contribution is 5.79. The van der Waals surface area contributed by atoms with E-state index in [-0.39, 0.29) is 0 Å². The molecule has 0 spiro atoms. The van der Waals surface area contributed by atoms with Gasteiger partial charge < -0.3 is 5.11 Å². The van der Waals surface area contributed by atoms with Crippen molar-refractivity contribution in [2.45, 2.75) is 70.3 Å². The fraction of sp³-hybridized carbons (Fsp3) is 0.944. The van der Waals surface area contributed by atoms with Crippen LogP contribution in [0.5, 0.6) is 0 Å². The Kier molecular flexibility index (Phi) is 3.15. The quantitative estimate of drug-likeness (QED) is 0.861. The van der Waals surface area contributed by atoms with Gasteiger partial charge in [0, 0.05) is 6.54 Å². The lowest BCUT2D eigenvalue weighted by Gasteiger charge is -2.58. The number of aliphatic carboxylic acids is 1. The van der Waals surface area contributed by atoms with Gasteiger partial charge in [0.2, 0.25) is 0 Å². The maximum absolute atomic E-state index is 11.9. The average molecular weight is 291 g/mol. The molecule has 1 atom stereocenters. The van der Waals surface area contributed by atoms with Crippen molar-refractivity contribution in [3.8, 4) is 0 Å². The monoisotopic (exact) mass is 291 g/mol. The second kappa shape index (κ2) is 4.71. The van der Waals surface area contributed by atoms with Crippen molar-refractivity contribution in [3.63, 3.8) is 0 Å². The van der Waals surface area contributed by atoms with Crippen molar-refractivity contribution in [1.29, 1.82) is 0 Å². The van der Waals surface area contributed by atoms with E-state index in [0.29, 0.717) is 5.41 Å². The number of rotatable bonds is 4. The molecular weight excluding hydrogens is 262 g/mol. The first-order chi connectivity index (χ1) is 10.1. The van der Waals surface area contributed by atoms with Crippen molar-refractivity contribution in [3.05, 3.63) is 0 Å². The molecule has 5 aliphatic rings. The molecule has 3 heteroatoms. The van der Waals surface area contributed by atoms with Gasteiger partial charge in [0.1, 0.15) is 5.54 Å². The lowest BCUT2D eigenvalue weighted by Crippen LogP contribution is -2.57. The van der Waals surface area contributed by atoms with Crippen LogP contribution in [0.25, 0.3) is 0 Å². The SMILES string of the molecule is CCC1(C(=O)O)CCCN1CC12CC3CC(CC(C3)C1)C2. The van der Waals surface area contributed by atoms with Crippen LogP contribution >= 0.6 is 0 Å². The third-order valence-electron chi connectivity index (χ3n) is 7.30. The zero-order valence-corrected chi connectivity index (χ0v) is 13.3. The lowest BCUT2D eigenvalue weighted by atomic mass is 9.49. The highest BCUT2D eigenvalue weighted by atomic mass is 16.4. The minimum Gasteiger partial charge on any atom is -0.480 e. The van der Waals surface area contributed by atoms with Crippen LogP contribution in [-0.4, -0.2) is 34.6 Å². The fourth-order valence-corrected chi connectivity index (χ4v) is 6.85. The normalized spacial score (nSPS) is 48.9. The number of nitrogens with zero attached hydrogens (tertiary/aromatic N) is 1. The Morgan fingerprint density at radius 2 is 1.71 bits per heavy atom. The van der Waals surface area contributed by atoms with E-state index in [0.717, 1.165) is 50.1 Å². The molecule has 5 fully saturated rings. The second-order valence-electron chi connectivity index (χ2n) is 8.63. The maximum Gasteiger partial charge on any atom is 0.324 e. The molecule has 118 valence electrons. The summed E-state index contributed by atoms with van der Waals surface area (Å²) in [6.45, 7) is 4.13. The van der Waals surface area contributed by atoms with Crippen LogP contribution in [0.3, 0.4) is 0 Å². The smallest absolute Gasteiger partial charge is 0.324 e. The number of hydrogen-bond acceptors (Lipinski definition) is 2. The molecule has 4 bridgehead atoms. The molecule has 0 aromatic heterocycles. The average Bonchev–Trinajstić information content (AvgIpc) is 2.80. The zero-order valence-electron chi connectivity index (χ0n) is 13.3. The standard InChI is InChI=1S/C18H29NO2/c1-2-18(16(20)21)4-3-5-19(18)12-17-9-13-6-14(10-17)8-15(7-13)11-17/h13-15H,2-12H2,1H3,(H,20,21). The number of carboxylic acids is 1. The van der Waals surface area contributed by atoms with Crippen LogP contribution in [-0.2, 0) is 4.79 Å². The van der Waals surface area contributed by atoms with Gasteiger partial charge in [-0.3, -0.25) is 9.69 Å². The molecule has 0 amide bonds. The molecule has 1 saturated heterocycles. The predicted molar refractivity (Wildman–Crippen MR) is 82.1 cm³/mol. The van der Waals surface area contributed by atoms with Gasteiger partial charge in [-0.05, 0) is 87.5 Å². The summed E-state index contributed by atoms with van der Waals surface area (Å²) in [4.78, 5) is 14.3. The first kappa shape index (κ1) is 14.0. The molecular formula is C18H29NO2. The Labute approximate surface area is 128 Å². The van der Waals surface area contributed by atoms with Crippen molar-refractivity contribution in [2.75, 3.05) is 13.1 Å². The number of carboxylic acid groups (broad SMARTS) is 1. The Bertz CT molecular complexity index is 411. The number of hydrogen-bond donors (Lipinski definition) is 1. The third kappa shape index (κ3) is 2.07. The fourth-order valence-electron chi connectivity index (χ4n) is 6.85. The number of likely N-dealkylation sites (tertiary alicyclic amines) is 1. The summed E-state index contributed by atoms with van der Waals surface area (Å²) in [6.07, 6.45) is 11.2. The molecule has 1 unspecified atom stereocenters. The van der Waals surface area contributed by atoms with E-state index >= 15 is 0 Å². The third-order valence-corrected chi connectivity index (χ3v) is 7.30. The van der Waals surface area contributed by atoms with Crippen LogP contribution in [0.2, 0.25) is 0 Å². The molecule has 4 aliphatic carbocycles.